The molecule has 47 heavy (non-hydrogen) atoms. The number of nitrogens with zero attached hydrogens (tertiary/aromatic N) is 3. The predicted molar refractivity (Wildman–Crippen MR) is 206 cm³/mol. The zero-order valence-electron chi connectivity index (χ0n) is 29.4. The Bertz CT molecular complexity index is 890. The molecule has 11 nitrogen and oxygen atoms in total. The zero-order valence-corrected chi connectivity index (χ0v) is 34.3. The van der Waals surface area contributed by atoms with Gasteiger partial charge in [0.1, 0.15) is 35.6 Å². The van der Waals surface area contributed by atoms with E-state index in [-0.39, 0.29) is 28.6 Å². The molecular formula is C30H53N3O8S6. The van der Waals surface area contributed by atoms with Crippen molar-refractivity contribution in [3.63, 3.8) is 0 Å². The number of hydroxylamine groups is 4. The van der Waals surface area contributed by atoms with E-state index in [0.717, 1.165) is 36.6 Å². The van der Waals surface area contributed by atoms with Gasteiger partial charge in [0.2, 0.25) is 8.77 Å². The second kappa shape index (κ2) is 25.2. The summed E-state index contributed by atoms with van der Waals surface area (Å²) >= 11 is 19.4. The van der Waals surface area contributed by atoms with Crippen LogP contribution in [0.5, 0.6) is 0 Å². The van der Waals surface area contributed by atoms with Crippen LogP contribution in [-0.4, -0.2) is 127 Å². The van der Waals surface area contributed by atoms with Gasteiger partial charge in [0.25, 0.3) is 0 Å². The number of ether oxygens (including phenoxy) is 3. The van der Waals surface area contributed by atoms with E-state index in [4.69, 9.17) is 60.5 Å². The third-order valence-electron chi connectivity index (χ3n) is 6.60. The van der Waals surface area contributed by atoms with Crippen molar-refractivity contribution in [3.8, 4) is 0 Å². The van der Waals surface area contributed by atoms with Gasteiger partial charge in [-0.1, -0.05) is 49.6 Å². The fraction of sp³-hybridized carbons (Fsp3) is 0.800. The van der Waals surface area contributed by atoms with Gasteiger partial charge in [0.15, 0.2) is 0 Å². The van der Waals surface area contributed by atoms with E-state index in [0.29, 0.717) is 36.9 Å². The summed E-state index contributed by atoms with van der Waals surface area (Å²) in [6, 6.07) is 0. The fourth-order valence-electron chi connectivity index (χ4n) is 3.47. The fourth-order valence-corrected chi connectivity index (χ4v) is 7.18. The SMILES string of the molecule is CCN(CC)CC(=S)SC(C)C(=O)OCC(C)(COC(=O)C(C)SC(=S)ON(CC)CC)COC(=O)C(C)SC(=S)ON(CC)CC. The van der Waals surface area contributed by atoms with Crippen LogP contribution >= 0.6 is 71.9 Å². The van der Waals surface area contributed by atoms with Crippen molar-refractivity contribution in [1.29, 1.82) is 0 Å². The number of rotatable bonds is 22. The zero-order chi connectivity index (χ0) is 36.2. The standard InChI is InChI=1S/C30H53N3O8S6/c1-11-31(12-2)17-24(42)45-21(7)25(34)37-18-30(10,19-38-26(35)22(8)46-28(43)40-32(13-3)14-4)20-39-27(36)23(9)47-29(44)41-33(15-5)16-6/h21-23H,11-20H2,1-10H3. The molecule has 272 valence electrons. The molecule has 0 aromatic carbocycles. The average Bonchev–Trinajstić information content (AvgIpc) is 3.04. The van der Waals surface area contributed by atoms with Crippen molar-refractivity contribution in [2.45, 2.75) is 85.0 Å². The Morgan fingerprint density at radius 2 is 0.915 bits per heavy atom. The summed E-state index contributed by atoms with van der Waals surface area (Å²) < 4.78 is 18.0. The van der Waals surface area contributed by atoms with Gasteiger partial charge in [-0.25, -0.2) is 0 Å². The Morgan fingerprint density at radius 1 is 0.596 bits per heavy atom. The quantitative estimate of drug-likeness (QED) is 0.0574. The molecule has 0 aromatic rings. The predicted octanol–water partition coefficient (Wildman–Crippen LogP) is 5.77. The largest absolute Gasteiger partial charge is 0.464 e. The molecule has 0 amide bonds. The van der Waals surface area contributed by atoms with Crippen LogP contribution in [0.15, 0.2) is 0 Å². The molecule has 0 aliphatic carbocycles. The highest BCUT2D eigenvalue weighted by molar-refractivity contribution is 8.24. The van der Waals surface area contributed by atoms with Crippen LogP contribution in [0.4, 0.5) is 0 Å². The van der Waals surface area contributed by atoms with Crippen LogP contribution < -0.4 is 0 Å². The molecule has 0 N–H and O–H groups in total. The lowest BCUT2D eigenvalue weighted by Crippen LogP contribution is -2.39. The van der Waals surface area contributed by atoms with Crippen molar-refractivity contribution in [2.24, 2.45) is 5.41 Å². The molecule has 0 radical (unpaired) electrons. The molecule has 0 bridgehead atoms. The van der Waals surface area contributed by atoms with Gasteiger partial charge in [-0.3, -0.25) is 19.3 Å². The summed E-state index contributed by atoms with van der Waals surface area (Å²) in [5, 5.41) is 1.45. The Kier molecular flexibility index (Phi) is 24.8. The maximum atomic E-state index is 13.0. The number of carbonyl (C=O) groups is 3. The first kappa shape index (κ1) is 46.2. The van der Waals surface area contributed by atoms with Crippen LogP contribution in [0.2, 0.25) is 0 Å². The lowest BCUT2D eigenvalue weighted by Gasteiger charge is -2.29. The average molecular weight is 776 g/mol. The van der Waals surface area contributed by atoms with Crippen molar-refractivity contribution in [1.82, 2.24) is 15.0 Å². The summed E-state index contributed by atoms with van der Waals surface area (Å²) in [5.74, 6) is -1.57. The topological polar surface area (TPSA) is 107 Å². The van der Waals surface area contributed by atoms with Gasteiger partial charge in [0.05, 0.1) is 9.61 Å². The van der Waals surface area contributed by atoms with Crippen molar-refractivity contribution in [3.05, 3.63) is 0 Å². The minimum atomic E-state index is -1.06. The van der Waals surface area contributed by atoms with E-state index in [2.05, 4.69) is 18.7 Å². The minimum absolute atomic E-state index is 0.171. The summed E-state index contributed by atoms with van der Waals surface area (Å²) in [6.07, 6.45) is 0. The van der Waals surface area contributed by atoms with Gasteiger partial charge < -0.3 is 23.9 Å². The molecule has 0 rings (SSSR count). The highest BCUT2D eigenvalue weighted by Crippen LogP contribution is 2.25. The summed E-state index contributed by atoms with van der Waals surface area (Å²) in [6.45, 7) is 22.9. The van der Waals surface area contributed by atoms with E-state index >= 15 is 0 Å². The molecule has 0 aromatic heterocycles. The molecular weight excluding hydrogens is 723 g/mol. The van der Waals surface area contributed by atoms with Crippen LogP contribution in [0.1, 0.15) is 69.2 Å². The summed E-state index contributed by atoms with van der Waals surface area (Å²) in [4.78, 5) is 52.1. The number of esters is 3. The molecule has 3 unspecified atom stereocenters. The number of hydrogen-bond donors (Lipinski definition) is 0. The molecule has 17 heteroatoms. The monoisotopic (exact) mass is 775 g/mol. The number of thioether (sulfide) groups is 3. The third kappa shape index (κ3) is 19.9. The van der Waals surface area contributed by atoms with E-state index in [9.17, 15) is 14.4 Å². The lowest BCUT2D eigenvalue weighted by atomic mass is 9.94. The number of hydrogen-bond acceptors (Lipinski definition) is 17. The normalized spacial score (nSPS) is 14.6. The molecule has 0 saturated heterocycles. The minimum Gasteiger partial charge on any atom is -0.464 e. The van der Waals surface area contributed by atoms with Gasteiger partial charge in [0, 0.05) is 32.7 Å². The lowest BCUT2D eigenvalue weighted by molar-refractivity contribution is -0.159. The molecule has 0 aliphatic heterocycles. The van der Waals surface area contributed by atoms with Gasteiger partial charge in [-0.2, -0.15) is 0 Å². The molecule has 3 atom stereocenters. The van der Waals surface area contributed by atoms with Gasteiger partial charge in [-0.15, -0.1) is 21.9 Å². The first-order valence-electron chi connectivity index (χ1n) is 15.8. The molecule has 0 heterocycles. The Balaban J connectivity index is 5.49. The molecule has 0 spiro atoms. The Labute approximate surface area is 310 Å². The second-order valence-electron chi connectivity index (χ2n) is 10.7. The Morgan fingerprint density at radius 3 is 1.21 bits per heavy atom. The van der Waals surface area contributed by atoms with Crippen LogP contribution in [0.25, 0.3) is 0 Å². The smallest absolute Gasteiger partial charge is 0.319 e. The summed E-state index contributed by atoms with van der Waals surface area (Å²) in [7, 11) is 0. The van der Waals surface area contributed by atoms with E-state index in [1.807, 2.05) is 27.7 Å². The first-order valence-corrected chi connectivity index (χ1v) is 19.6. The van der Waals surface area contributed by atoms with Crippen LogP contribution in [0.3, 0.4) is 0 Å². The van der Waals surface area contributed by atoms with E-state index in [1.165, 1.54) is 11.8 Å². The maximum absolute atomic E-state index is 13.0. The number of thiocarbonyl (C=S) groups is 3. The third-order valence-corrected chi connectivity index (χ3v) is 10.3. The van der Waals surface area contributed by atoms with Crippen LogP contribution in [0, 0.1) is 5.41 Å². The van der Waals surface area contributed by atoms with Gasteiger partial charge in [-0.05, 0) is 92.9 Å². The van der Waals surface area contributed by atoms with Gasteiger partial charge >= 0.3 is 17.9 Å². The summed E-state index contributed by atoms with van der Waals surface area (Å²) in [5.41, 5.74) is -1.06. The number of carbonyl (C=O) groups excluding carboxylic acids is 3. The second-order valence-corrected chi connectivity index (χ2v) is 16.7. The maximum Gasteiger partial charge on any atom is 0.319 e. The van der Waals surface area contributed by atoms with E-state index in [1.54, 1.807) is 37.8 Å². The van der Waals surface area contributed by atoms with Crippen molar-refractivity contribution in [2.75, 3.05) is 65.6 Å². The molecule has 0 aliphatic rings. The van der Waals surface area contributed by atoms with Crippen molar-refractivity contribution < 1.29 is 38.3 Å². The highest BCUT2D eigenvalue weighted by Gasteiger charge is 2.34. The molecule has 0 fully saturated rings. The van der Waals surface area contributed by atoms with E-state index < -0.39 is 39.1 Å². The Hall–Kier alpha value is -0.790. The molecule has 0 saturated carbocycles. The van der Waals surface area contributed by atoms with Crippen LogP contribution in [-0.2, 0) is 38.3 Å². The highest BCUT2D eigenvalue weighted by atomic mass is 32.2. The first-order chi connectivity index (χ1) is 22.1. The van der Waals surface area contributed by atoms with Crippen molar-refractivity contribution >= 4 is 103 Å².